The van der Waals surface area contributed by atoms with Gasteiger partial charge in [0.1, 0.15) is 0 Å². The molecule has 0 aliphatic rings. The van der Waals surface area contributed by atoms with Crippen molar-refractivity contribution in [1.29, 1.82) is 0 Å². The van der Waals surface area contributed by atoms with Gasteiger partial charge in [0.25, 0.3) is 10.1 Å². The number of hydrogen-bond acceptors (Lipinski definition) is 4. The van der Waals surface area contributed by atoms with Gasteiger partial charge in [0.05, 0.1) is 11.5 Å². The average molecular weight is 369 g/mol. The standard InChI is InChI=1S/C18H24O4S2/c1-4-5-12-24(20,21)22-23(2,3)14-18(19)17-11-10-15-8-6-7-9-16(15)13-17/h6-11,13H,4-5,12,14H2,1-3H3. The first-order valence-corrected chi connectivity index (χ1v) is 12.0. The lowest BCUT2D eigenvalue weighted by Crippen LogP contribution is -2.20. The van der Waals surface area contributed by atoms with Gasteiger partial charge in [0, 0.05) is 5.56 Å². The number of unbranched alkanes of at least 4 members (excludes halogenated alkanes) is 1. The number of carbonyl (C=O) groups excluding carboxylic acids is 1. The summed E-state index contributed by atoms with van der Waals surface area (Å²) in [5.74, 6) is 0.00675. The molecule has 0 aliphatic heterocycles. The molecule has 2 aromatic rings. The molecule has 6 heteroatoms. The minimum atomic E-state index is -3.58. The van der Waals surface area contributed by atoms with E-state index in [1.54, 1.807) is 18.6 Å². The first kappa shape index (κ1) is 19.0. The zero-order chi connectivity index (χ0) is 17.8. The highest BCUT2D eigenvalue weighted by atomic mass is 32.3. The number of ketones is 1. The lowest BCUT2D eigenvalue weighted by molar-refractivity contribution is 0.102. The molecule has 0 aromatic heterocycles. The Labute approximate surface area is 145 Å². The minimum Gasteiger partial charge on any atom is -0.293 e. The maximum Gasteiger partial charge on any atom is 0.276 e. The zero-order valence-corrected chi connectivity index (χ0v) is 16.0. The van der Waals surface area contributed by atoms with Gasteiger partial charge in [-0.25, -0.2) is 3.63 Å². The maximum atomic E-state index is 12.5. The molecule has 0 amide bonds. The Morgan fingerprint density at radius 1 is 1.04 bits per heavy atom. The zero-order valence-electron chi connectivity index (χ0n) is 14.3. The van der Waals surface area contributed by atoms with Crippen LogP contribution in [0.1, 0.15) is 30.1 Å². The van der Waals surface area contributed by atoms with Crippen LogP contribution in [0.3, 0.4) is 0 Å². The summed E-state index contributed by atoms with van der Waals surface area (Å²) in [5, 5.41) is 2.06. The van der Waals surface area contributed by atoms with E-state index in [2.05, 4.69) is 0 Å². The molecule has 0 saturated heterocycles. The van der Waals surface area contributed by atoms with E-state index in [0.717, 1.165) is 17.2 Å². The molecule has 0 atom stereocenters. The SMILES string of the molecule is CCCCS(=O)(=O)OS(C)(C)CC(=O)c1ccc2ccccc2c1. The number of rotatable bonds is 8. The van der Waals surface area contributed by atoms with Gasteiger partial charge >= 0.3 is 0 Å². The predicted molar refractivity (Wildman–Crippen MR) is 102 cm³/mol. The molecule has 132 valence electrons. The number of carbonyl (C=O) groups is 1. The molecular formula is C18H24O4S2. The molecule has 0 heterocycles. The van der Waals surface area contributed by atoms with E-state index in [9.17, 15) is 13.2 Å². The van der Waals surface area contributed by atoms with Crippen LogP contribution >= 0.6 is 10.3 Å². The molecule has 2 aromatic carbocycles. The highest BCUT2D eigenvalue weighted by Crippen LogP contribution is 2.43. The van der Waals surface area contributed by atoms with Gasteiger partial charge in [-0.2, -0.15) is 8.42 Å². The Kier molecular flexibility index (Phi) is 6.06. The Bertz CT molecular complexity index is 826. The van der Waals surface area contributed by atoms with E-state index in [4.69, 9.17) is 3.63 Å². The fraction of sp³-hybridized carbons (Fsp3) is 0.389. The van der Waals surface area contributed by atoms with E-state index >= 15 is 0 Å². The highest BCUT2D eigenvalue weighted by molar-refractivity contribution is 8.32. The Balaban J connectivity index is 2.11. The van der Waals surface area contributed by atoms with Gasteiger partial charge in [-0.1, -0.05) is 49.7 Å². The van der Waals surface area contributed by atoms with Crippen molar-refractivity contribution >= 4 is 37.0 Å². The van der Waals surface area contributed by atoms with Crippen molar-refractivity contribution in [2.24, 2.45) is 0 Å². The normalized spacial score (nSPS) is 13.1. The summed E-state index contributed by atoms with van der Waals surface area (Å²) in [6.07, 6.45) is 4.79. The van der Waals surface area contributed by atoms with Crippen LogP contribution in [0.2, 0.25) is 0 Å². The average Bonchev–Trinajstić information content (AvgIpc) is 2.51. The van der Waals surface area contributed by atoms with Crippen molar-refractivity contribution in [2.75, 3.05) is 24.0 Å². The van der Waals surface area contributed by atoms with Crippen molar-refractivity contribution in [3.05, 3.63) is 48.0 Å². The number of Topliss-reactive ketones (excluding diaryl/α,β-unsaturated/α-hetero) is 1. The van der Waals surface area contributed by atoms with Gasteiger partial charge < -0.3 is 0 Å². The van der Waals surface area contributed by atoms with E-state index in [1.807, 2.05) is 43.3 Å². The highest BCUT2D eigenvalue weighted by Gasteiger charge is 2.25. The summed E-state index contributed by atoms with van der Waals surface area (Å²) in [6, 6.07) is 13.4. The molecular weight excluding hydrogens is 344 g/mol. The summed E-state index contributed by atoms with van der Waals surface area (Å²) >= 11 is 0. The van der Waals surface area contributed by atoms with E-state index < -0.39 is 20.4 Å². The maximum absolute atomic E-state index is 12.5. The second kappa shape index (κ2) is 7.68. The van der Waals surface area contributed by atoms with Crippen LogP contribution in [0.5, 0.6) is 0 Å². The first-order valence-electron chi connectivity index (χ1n) is 7.89. The Hall–Kier alpha value is -1.37. The van der Waals surface area contributed by atoms with Gasteiger partial charge in [-0.15, -0.1) is 10.3 Å². The first-order chi connectivity index (χ1) is 11.2. The van der Waals surface area contributed by atoms with E-state index in [-0.39, 0.29) is 17.3 Å². The monoisotopic (exact) mass is 368 g/mol. The summed E-state index contributed by atoms with van der Waals surface area (Å²) in [7, 11) is -5.59. The lowest BCUT2D eigenvalue weighted by Gasteiger charge is -2.29. The van der Waals surface area contributed by atoms with E-state index in [0.29, 0.717) is 12.0 Å². The third-order valence-electron chi connectivity index (χ3n) is 3.59. The molecule has 0 saturated carbocycles. The molecule has 0 unspecified atom stereocenters. The third kappa shape index (κ3) is 5.33. The van der Waals surface area contributed by atoms with Crippen LogP contribution in [0.4, 0.5) is 0 Å². The fourth-order valence-electron chi connectivity index (χ4n) is 2.42. The predicted octanol–water partition coefficient (Wildman–Crippen LogP) is 4.15. The Morgan fingerprint density at radius 3 is 2.38 bits per heavy atom. The van der Waals surface area contributed by atoms with Crippen molar-refractivity contribution < 1.29 is 16.8 Å². The second-order valence-electron chi connectivity index (χ2n) is 6.25. The van der Waals surface area contributed by atoms with E-state index in [1.165, 1.54) is 0 Å². The molecule has 24 heavy (non-hydrogen) atoms. The summed E-state index contributed by atoms with van der Waals surface area (Å²) in [5.41, 5.74) is 0.587. The second-order valence-corrected chi connectivity index (χ2v) is 11.5. The molecule has 0 N–H and O–H groups in total. The van der Waals surface area contributed by atoms with Gasteiger partial charge in [0.2, 0.25) is 0 Å². The van der Waals surface area contributed by atoms with Crippen molar-refractivity contribution in [3.63, 3.8) is 0 Å². The topological polar surface area (TPSA) is 60.4 Å². The van der Waals surface area contributed by atoms with Gasteiger partial charge in [-0.05, 0) is 35.8 Å². The molecule has 0 bridgehead atoms. The van der Waals surface area contributed by atoms with Crippen LogP contribution in [0.25, 0.3) is 10.8 Å². The molecule has 2 rings (SSSR count). The molecule has 0 fully saturated rings. The summed E-state index contributed by atoms with van der Waals surface area (Å²) in [6.45, 7) is 1.93. The lowest BCUT2D eigenvalue weighted by atomic mass is 10.1. The minimum absolute atomic E-state index is 0.00406. The quantitative estimate of drug-likeness (QED) is 0.657. The van der Waals surface area contributed by atoms with Gasteiger partial charge in [0.15, 0.2) is 5.78 Å². The van der Waals surface area contributed by atoms with Crippen LogP contribution in [-0.2, 0) is 13.7 Å². The molecule has 0 radical (unpaired) electrons. The summed E-state index contributed by atoms with van der Waals surface area (Å²) < 4.78 is 29.3. The number of benzene rings is 2. The van der Waals surface area contributed by atoms with Crippen molar-refractivity contribution in [1.82, 2.24) is 0 Å². The summed E-state index contributed by atoms with van der Waals surface area (Å²) in [4.78, 5) is 12.5. The van der Waals surface area contributed by atoms with Crippen molar-refractivity contribution in [2.45, 2.75) is 19.8 Å². The largest absolute Gasteiger partial charge is 0.293 e. The number of hydrogen-bond donors (Lipinski definition) is 0. The molecule has 0 aliphatic carbocycles. The van der Waals surface area contributed by atoms with Gasteiger partial charge in [-0.3, -0.25) is 4.79 Å². The van der Waals surface area contributed by atoms with Crippen LogP contribution < -0.4 is 0 Å². The number of fused-ring (bicyclic) bond motifs is 1. The Morgan fingerprint density at radius 2 is 1.71 bits per heavy atom. The third-order valence-corrected chi connectivity index (χ3v) is 7.63. The van der Waals surface area contributed by atoms with Crippen LogP contribution in [-0.4, -0.2) is 38.2 Å². The molecule has 0 spiro atoms. The fourth-order valence-corrected chi connectivity index (χ4v) is 6.57. The van der Waals surface area contributed by atoms with Crippen molar-refractivity contribution in [3.8, 4) is 0 Å². The van der Waals surface area contributed by atoms with Crippen LogP contribution in [0.15, 0.2) is 42.5 Å². The smallest absolute Gasteiger partial charge is 0.276 e. The van der Waals surface area contributed by atoms with Crippen LogP contribution in [0, 0.1) is 0 Å². The molecule has 4 nitrogen and oxygen atoms in total.